The third-order valence-corrected chi connectivity index (χ3v) is 3.88. The molecule has 1 saturated heterocycles. The van der Waals surface area contributed by atoms with Crippen molar-refractivity contribution in [3.8, 4) is 0 Å². The average molecular weight is 256 g/mol. The maximum atomic E-state index is 10.8. The molecule has 1 saturated carbocycles. The molecule has 2 rings (SSSR count). The lowest BCUT2D eigenvalue weighted by atomic mass is 9.91. The molecule has 5 nitrogen and oxygen atoms in total. The number of carboxylic acids is 1. The first-order chi connectivity index (χ1) is 8.67. The molecule has 1 heterocycles. The number of rotatable bonds is 7. The Bertz CT molecular complexity index is 281. The molecular weight excluding hydrogens is 232 g/mol. The lowest BCUT2D eigenvalue weighted by Gasteiger charge is -2.37. The summed E-state index contributed by atoms with van der Waals surface area (Å²) in [6.07, 6.45) is 3.85. The second kappa shape index (κ2) is 6.50. The van der Waals surface area contributed by atoms with Gasteiger partial charge in [0.2, 0.25) is 0 Å². The Morgan fingerprint density at radius 3 is 2.67 bits per heavy atom. The molecule has 104 valence electrons. The van der Waals surface area contributed by atoms with E-state index in [-0.39, 0.29) is 18.9 Å². The minimum Gasteiger partial charge on any atom is -0.481 e. The fourth-order valence-electron chi connectivity index (χ4n) is 2.82. The van der Waals surface area contributed by atoms with Gasteiger partial charge >= 0.3 is 5.97 Å². The van der Waals surface area contributed by atoms with Crippen LogP contribution in [0.4, 0.5) is 0 Å². The van der Waals surface area contributed by atoms with Gasteiger partial charge in [-0.1, -0.05) is 0 Å². The second-order valence-electron chi connectivity index (χ2n) is 5.73. The van der Waals surface area contributed by atoms with Crippen LogP contribution < -0.4 is 5.32 Å². The fourth-order valence-corrected chi connectivity index (χ4v) is 2.82. The molecule has 0 amide bonds. The topological polar surface area (TPSA) is 72.8 Å². The highest BCUT2D eigenvalue weighted by Crippen LogP contribution is 2.28. The van der Waals surface area contributed by atoms with Crippen molar-refractivity contribution in [2.24, 2.45) is 11.8 Å². The minimum absolute atomic E-state index is 0.148. The molecule has 0 aromatic heterocycles. The highest BCUT2D eigenvalue weighted by molar-refractivity contribution is 5.67. The van der Waals surface area contributed by atoms with Gasteiger partial charge in [0.25, 0.3) is 0 Å². The number of hydrogen-bond donors (Lipinski definition) is 3. The summed E-state index contributed by atoms with van der Waals surface area (Å²) >= 11 is 0. The highest BCUT2D eigenvalue weighted by Gasteiger charge is 2.29. The highest BCUT2D eigenvalue weighted by atomic mass is 16.4. The summed E-state index contributed by atoms with van der Waals surface area (Å²) < 4.78 is 0. The van der Waals surface area contributed by atoms with Crippen LogP contribution >= 0.6 is 0 Å². The lowest BCUT2D eigenvalue weighted by molar-refractivity contribution is -0.138. The fraction of sp³-hybridized carbons (Fsp3) is 0.923. The Hall–Kier alpha value is -0.650. The number of hydrogen-bond acceptors (Lipinski definition) is 4. The Morgan fingerprint density at radius 2 is 2.06 bits per heavy atom. The normalized spacial score (nSPS) is 29.4. The summed E-state index contributed by atoms with van der Waals surface area (Å²) in [6.45, 7) is 3.60. The van der Waals surface area contributed by atoms with Crippen molar-refractivity contribution in [2.75, 3.05) is 32.8 Å². The zero-order chi connectivity index (χ0) is 13.0. The van der Waals surface area contributed by atoms with E-state index in [1.165, 1.54) is 12.8 Å². The summed E-state index contributed by atoms with van der Waals surface area (Å²) in [7, 11) is 0. The summed E-state index contributed by atoms with van der Waals surface area (Å²) in [5.74, 6) is 0.336. The number of nitrogens with zero attached hydrogens (tertiary/aromatic N) is 1. The summed E-state index contributed by atoms with van der Waals surface area (Å²) in [4.78, 5) is 13.0. The van der Waals surface area contributed by atoms with Crippen molar-refractivity contribution in [1.29, 1.82) is 0 Å². The molecule has 0 bridgehead atoms. The van der Waals surface area contributed by atoms with Crippen molar-refractivity contribution in [2.45, 2.75) is 31.7 Å². The lowest BCUT2D eigenvalue weighted by Crippen LogP contribution is -2.50. The van der Waals surface area contributed by atoms with E-state index in [4.69, 9.17) is 10.2 Å². The zero-order valence-corrected chi connectivity index (χ0v) is 10.8. The third-order valence-electron chi connectivity index (χ3n) is 3.88. The smallest absolute Gasteiger partial charge is 0.303 e. The predicted octanol–water partition coefficient (Wildman–Crippen LogP) is 0.144. The Balaban J connectivity index is 1.81. The first-order valence-electron chi connectivity index (χ1n) is 6.95. The van der Waals surface area contributed by atoms with Crippen LogP contribution in [0.1, 0.15) is 25.7 Å². The zero-order valence-electron chi connectivity index (χ0n) is 10.8. The summed E-state index contributed by atoms with van der Waals surface area (Å²) in [6, 6.07) is 0.384. The van der Waals surface area contributed by atoms with E-state index in [0.29, 0.717) is 12.6 Å². The van der Waals surface area contributed by atoms with Crippen LogP contribution in [0, 0.1) is 11.8 Å². The van der Waals surface area contributed by atoms with E-state index in [1.54, 1.807) is 0 Å². The Morgan fingerprint density at radius 1 is 1.28 bits per heavy atom. The van der Waals surface area contributed by atoms with Gasteiger partial charge < -0.3 is 15.5 Å². The van der Waals surface area contributed by atoms with Gasteiger partial charge in [-0.2, -0.15) is 0 Å². The largest absolute Gasteiger partial charge is 0.481 e. The second-order valence-corrected chi connectivity index (χ2v) is 5.73. The van der Waals surface area contributed by atoms with Crippen LogP contribution in [0.25, 0.3) is 0 Å². The maximum absolute atomic E-state index is 10.8. The van der Waals surface area contributed by atoms with Gasteiger partial charge in [-0.05, 0) is 37.6 Å². The molecule has 2 aliphatic rings. The number of aliphatic hydroxyl groups is 1. The molecule has 2 fully saturated rings. The quantitative estimate of drug-likeness (QED) is 0.604. The van der Waals surface area contributed by atoms with Gasteiger partial charge in [0.1, 0.15) is 0 Å². The van der Waals surface area contributed by atoms with Gasteiger partial charge in [-0.3, -0.25) is 9.69 Å². The van der Waals surface area contributed by atoms with Crippen LogP contribution in [-0.2, 0) is 4.79 Å². The van der Waals surface area contributed by atoms with Crippen molar-refractivity contribution in [3.63, 3.8) is 0 Å². The van der Waals surface area contributed by atoms with Crippen LogP contribution in [0.2, 0.25) is 0 Å². The Kier molecular flexibility index (Phi) is 4.97. The van der Waals surface area contributed by atoms with E-state index >= 15 is 0 Å². The summed E-state index contributed by atoms with van der Waals surface area (Å²) in [5, 5.41) is 21.5. The van der Waals surface area contributed by atoms with Gasteiger partial charge in [0, 0.05) is 32.1 Å². The molecule has 18 heavy (non-hydrogen) atoms. The molecule has 0 aromatic rings. The van der Waals surface area contributed by atoms with Crippen LogP contribution in [0.15, 0.2) is 0 Å². The van der Waals surface area contributed by atoms with E-state index < -0.39 is 5.97 Å². The molecule has 1 aliphatic heterocycles. The van der Waals surface area contributed by atoms with Crippen LogP contribution in [0.3, 0.4) is 0 Å². The average Bonchev–Trinajstić information content (AvgIpc) is 3.09. The molecule has 0 spiro atoms. The molecule has 3 N–H and O–H groups in total. The summed E-state index contributed by atoms with van der Waals surface area (Å²) in [5.41, 5.74) is 0. The SMILES string of the molecule is O=C(O)CC1CC(NCC2CC2)CN(CCO)C1. The molecule has 2 unspecified atom stereocenters. The monoisotopic (exact) mass is 256 g/mol. The first kappa shape index (κ1) is 13.8. The van der Waals surface area contributed by atoms with Crippen LogP contribution in [0.5, 0.6) is 0 Å². The van der Waals surface area contributed by atoms with Crippen LogP contribution in [-0.4, -0.2) is 59.9 Å². The molecule has 5 heteroatoms. The number of carbonyl (C=O) groups is 1. The van der Waals surface area contributed by atoms with Crippen molar-refractivity contribution in [3.05, 3.63) is 0 Å². The maximum Gasteiger partial charge on any atom is 0.303 e. The molecule has 0 aromatic carbocycles. The Labute approximate surface area is 108 Å². The first-order valence-corrected chi connectivity index (χ1v) is 6.95. The van der Waals surface area contributed by atoms with Crippen molar-refractivity contribution < 1.29 is 15.0 Å². The van der Waals surface area contributed by atoms with Crippen molar-refractivity contribution in [1.82, 2.24) is 10.2 Å². The van der Waals surface area contributed by atoms with Crippen molar-refractivity contribution >= 4 is 5.97 Å². The standard InChI is InChI=1S/C13H24N2O3/c16-4-3-15-8-11(6-13(17)18)5-12(9-15)14-7-10-1-2-10/h10-12,14,16H,1-9H2,(H,17,18). The number of carboxylic acid groups (broad SMARTS) is 1. The number of aliphatic hydroxyl groups excluding tert-OH is 1. The number of likely N-dealkylation sites (tertiary alicyclic amines) is 1. The number of aliphatic carboxylic acids is 1. The molecule has 0 radical (unpaired) electrons. The van der Waals surface area contributed by atoms with E-state index in [9.17, 15) is 4.79 Å². The molecule has 2 atom stereocenters. The molecular formula is C13H24N2O3. The third kappa shape index (κ3) is 4.55. The number of β-amino-alcohol motifs (C(OH)–C–C–N with tert-alkyl or cyclic N) is 1. The predicted molar refractivity (Wildman–Crippen MR) is 68.4 cm³/mol. The van der Waals surface area contributed by atoms with E-state index in [2.05, 4.69) is 10.2 Å². The number of nitrogens with one attached hydrogen (secondary N) is 1. The van der Waals surface area contributed by atoms with Gasteiger partial charge in [-0.25, -0.2) is 0 Å². The van der Waals surface area contributed by atoms with E-state index in [0.717, 1.165) is 32.0 Å². The van der Waals surface area contributed by atoms with Gasteiger partial charge in [-0.15, -0.1) is 0 Å². The van der Waals surface area contributed by atoms with Gasteiger partial charge in [0.05, 0.1) is 6.61 Å². The van der Waals surface area contributed by atoms with Gasteiger partial charge in [0.15, 0.2) is 0 Å². The number of piperidine rings is 1. The van der Waals surface area contributed by atoms with E-state index in [1.807, 2.05) is 0 Å². The molecule has 1 aliphatic carbocycles. The minimum atomic E-state index is -0.716.